The van der Waals surface area contributed by atoms with Gasteiger partial charge in [-0.3, -0.25) is 38.0 Å². The standard InChI is InChI=1S/C23H24N4O5S.C16H20ClN3O4S.C15H19N3O5S.2CH4/c1-26-21-18(20(25-26)19(28)13-32-16-4-2-15(12-24)3-5-16)8-11-27(22(21)29)14-23(9-10-23)33(30,31)17-6-7-17;1-19-14-11(13(18-19)12(21)8-17)4-7-20(15(14)22)9-16(5-6-16)25(23,24)10-2-3-10;1-17-12-10(11(16-17)14(20)21)4-7-18(13(12)19)8-15(5-6-15)24(22,23)9-2-3-9;;/h2-5,17H,6-11,13-14H2,1H3;10H,2-9H2,1H3;9H,2-8H2,1H3,(H,20,21);2*1H4. The molecule has 3 aromatic heterocycles. The fourth-order valence-corrected chi connectivity index (χ4v) is 19.5. The van der Waals surface area contributed by atoms with Crippen molar-refractivity contribution >= 4 is 76.4 Å². The average molecular weight is 1240 g/mol. The molecule has 454 valence electrons. The zero-order chi connectivity index (χ0) is 58.6. The van der Waals surface area contributed by atoms with Crippen LogP contribution in [0.3, 0.4) is 0 Å². The molecule has 6 heterocycles. The van der Waals surface area contributed by atoms with Gasteiger partial charge in [0.2, 0.25) is 5.78 Å². The van der Waals surface area contributed by atoms with Crippen LogP contribution in [0, 0.1) is 11.3 Å². The summed E-state index contributed by atoms with van der Waals surface area (Å²) in [5.41, 5.74) is 3.50. The number of carbonyl (C=O) groups excluding carboxylic acids is 5. The number of carboxylic acids is 1. The molecule has 0 spiro atoms. The summed E-state index contributed by atoms with van der Waals surface area (Å²) in [7, 11) is -4.78. The SMILES string of the molecule is C.C.Cn1nc(C(=O)CCl)c2c1C(=O)N(CC1(S(=O)(=O)C3CC3)CC1)CC2.Cn1nc(C(=O)COc2ccc(C#N)cc2)c2c1C(=O)N(CC1(S(=O)(=O)C3CC3)CC1)CC2.Cn1nc(C(=O)O)c2c1C(=O)N(CC1(S(=O)(=O)C3CC3)CC1)CC2. The van der Waals surface area contributed by atoms with Crippen molar-refractivity contribution in [1.82, 2.24) is 44.0 Å². The van der Waals surface area contributed by atoms with E-state index in [9.17, 15) is 59.1 Å². The lowest BCUT2D eigenvalue weighted by Gasteiger charge is -2.31. The second-order valence-electron chi connectivity index (χ2n) is 23.3. The molecule has 4 aromatic rings. The van der Waals surface area contributed by atoms with E-state index in [-0.39, 0.29) is 115 Å². The largest absolute Gasteiger partial charge is 0.485 e. The van der Waals surface area contributed by atoms with Gasteiger partial charge >= 0.3 is 5.97 Å². The number of nitrogens with zero attached hydrogens (tertiary/aromatic N) is 10. The zero-order valence-electron chi connectivity index (χ0n) is 45.6. The number of sulfone groups is 3. The number of fused-ring (bicyclic) bond motifs is 3. The van der Waals surface area contributed by atoms with E-state index in [4.69, 9.17) is 21.6 Å². The molecule has 28 heteroatoms. The first kappa shape index (κ1) is 62.0. The van der Waals surface area contributed by atoms with Crippen LogP contribution in [0.2, 0.25) is 0 Å². The number of aromatic carboxylic acids is 1. The molecule has 0 radical (unpaired) electrons. The van der Waals surface area contributed by atoms with Gasteiger partial charge in [-0.15, -0.1) is 11.6 Å². The molecule has 0 bridgehead atoms. The summed E-state index contributed by atoms with van der Waals surface area (Å²) in [6.45, 7) is 1.51. The minimum Gasteiger partial charge on any atom is -0.485 e. The molecule has 0 saturated heterocycles. The molecule has 1 aromatic carbocycles. The molecule has 24 nitrogen and oxygen atoms in total. The van der Waals surface area contributed by atoms with Crippen LogP contribution in [-0.4, -0.2) is 191 Å². The van der Waals surface area contributed by atoms with E-state index in [2.05, 4.69) is 15.3 Å². The number of aryl methyl sites for hydroxylation is 3. The van der Waals surface area contributed by atoms with Gasteiger partial charge in [0.05, 0.1) is 47.5 Å². The number of amides is 3. The third-order valence-electron chi connectivity index (χ3n) is 17.6. The van der Waals surface area contributed by atoms with Crippen molar-refractivity contribution in [1.29, 1.82) is 5.26 Å². The topological polar surface area (TPSA) is 321 Å². The number of ether oxygens (including phenoxy) is 1. The number of ketones is 2. The van der Waals surface area contributed by atoms with Crippen LogP contribution in [0.25, 0.3) is 0 Å². The summed E-state index contributed by atoms with van der Waals surface area (Å²) in [6, 6.07) is 8.46. The highest BCUT2D eigenvalue weighted by molar-refractivity contribution is 7.94. The Balaban J connectivity index is 0.000000152. The Labute approximate surface area is 493 Å². The minimum absolute atomic E-state index is 0. The summed E-state index contributed by atoms with van der Waals surface area (Å²) in [5.74, 6) is -2.36. The van der Waals surface area contributed by atoms with Crippen LogP contribution in [-0.2, 0) is 69.9 Å². The number of aromatic nitrogens is 6. The smallest absolute Gasteiger partial charge is 0.356 e. The van der Waals surface area contributed by atoms with E-state index in [0.29, 0.717) is 117 Å². The lowest BCUT2D eigenvalue weighted by molar-refractivity contribution is 0.0683. The summed E-state index contributed by atoms with van der Waals surface area (Å²) < 4.78 is 83.7. The third-order valence-corrected chi connectivity index (χ3v) is 27.1. The number of hydrogen-bond acceptors (Lipinski definition) is 17. The summed E-state index contributed by atoms with van der Waals surface area (Å²) >= 11 is 5.62. The average Bonchev–Trinajstić information content (AvgIpc) is 2.07. The molecule has 13 rings (SSSR count). The molecular formula is C56H71ClN10O14S3. The van der Waals surface area contributed by atoms with Crippen LogP contribution in [0.4, 0.5) is 0 Å². The number of carbonyl (C=O) groups is 6. The van der Waals surface area contributed by atoms with Crippen molar-refractivity contribution in [3.8, 4) is 11.8 Å². The van der Waals surface area contributed by atoms with Gasteiger partial charge in [-0.25, -0.2) is 30.0 Å². The van der Waals surface area contributed by atoms with Gasteiger partial charge in [-0.1, -0.05) is 14.9 Å². The van der Waals surface area contributed by atoms with E-state index in [1.807, 2.05) is 6.07 Å². The number of benzene rings is 1. The van der Waals surface area contributed by atoms with Crippen molar-refractivity contribution in [2.24, 2.45) is 21.1 Å². The Morgan fingerprint density at radius 1 is 0.583 bits per heavy atom. The second kappa shape index (κ2) is 22.4. The predicted octanol–water partition coefficient (Wildman–Crippen LogP) is 4.11. The number of halogens is 1. The van der Waals surface area contributed by atoms with Gasteiger partial charge in [0, 0.05) is 77.1 Å². The van der Waals surface area contributed by atoms with Crippen molar-refractivity contribution in [3.63, 3.8) is 0 Å². The van der Waals surface area contributed by atoms with Crippen LogP contribution >= 0.6 is 11.6 Å². The summed E-state index contributed by atoms with van der Waals surface area (Å²) in [6.07, 6.45) is 9.37. The molecule has 3 aliphatic heterocycles. The second-order valence-corrected chi connectivity index (χ2v) is 31.5. The first-order chi connectivity index (χ1) is 38.8. The molecule has 0 unspecified atom stereocenters. The third kappa shape index (κ3) is 11.0. The van der Waals surface area contributed by atoms with Gasteiger partial charge in [0.25, 0.3) is 17.7 Å². The highest BCUT2D eigenvalue weighted by Crippen LogP contribution is 2.53. The number of Topliss-reactive ketones (excluding diaryl/α,β-unsaturated/α-hetero) is 2. The van der Waals surface area contributed by atoms with Crippen molar-refractivity contribution in [2.75, 3.05) is 51.8 Å². The fourth-order valence-electron chi connectivity index (χ4n) is 11.9. The van der Waals surface area contributed by atoms with Gasteiger partial charge in [0.15, 0.2) is 47.6 Å². The van der Waals surface area contributed by atoms with Crippen LogP contribution < -0.4 is 4.74 Å². The monoisotopic (exact) mass is 1240 g/mol. The molecule has 84 heavy (non-hydrogen) atoms. The van der Waals surface area contributed by atoms with Gasteiger partial charge in [-0.05, 0) is 121 Å². The van der Waals surface area contributed by atoms with Gasteiger partial charge < -0.3 is 24.5 Å². The zero-order valence-corrected chi connectivity index (χ0v) is 48.8. The minimum atomic E-state index is -3.22. The quantitative estimate of drug-likeness (QED) is 0.102. The highest BCUT2D eigenvalue weighted by Gasteiger charge is 2.63. The van der Waals surface area contributed by atoms with E-state index in [0.717, 1.165) is 38.5 Å². The van der Waals surface area contributed by atoms with E-state index >= 15 is 0 Å². The first-order valence-electron chi connectivity index (χ1n) is 27.6. The molecule has 0 atom stereocenters. The first-order valence-corrected chi connectivity index (χ1v) is 32.7. The van der Waals surface area contributed by atoms with E-state index in [1.165, 1.54) is 14.0 Å². The fraction of sp³-hybridized carbons (Fsp3) is 0.607. The molecule has 6 saturated carbocycles. The van der Waals surface area contributed by atoms with Crippen LogP contribution in [0.1, 0.15) is 177 Å². The maximum atomic E-state index is 13.2. The van der Waals surface area contributed by atoms with Crippen LogP contribution in [0.15, 0.2) is 24.3 Å². The predicted molar refractivity (Wildman–Crippen MR) is 307 cm³/mol. The van der Waals surface area contributed by atoms with Crippen molar-refractivity contribution in [2.45, 2.75) is 141 Å². The summed E-state index contributed by atoms with van der Waals surface area (Å²) in [5, 5.41) is 29.8. The number of nitriles is 1. The Morgan fingerprint density at radius 2 is 0.905 bits per heavy atom. The van der Waals surface area contributed by atoms with E-state index < -0.39 is 49.7 Å². The molecule has 6 aliphatic carbocycles. The Hall–Kier alpha value is -6.50. The number of carboxylic acid groups (broad SMARTS) is 1. The van der Waals surface area contributed by atoms with Crippen molar-refractivity contribution in [3.05, 3.63) is 80.7 Å². The molecule has 9 aliphatic rings. The molecule has 1 N–H and O–H groups in total. The Morgan fingerprint density at radius 3 is 1.20 bits per heavy atom. The van der Waals surface area contributed by atoms with Gasteiger partial charge in [-0.2, -0.15) is 20.6 Å². The number of alkyl halides is 1. The highest BCUT2D eigenvalue weighted by atomic mass is 35.5. The normalized spacial score (nSPS) is 20.4. The molecule has 3 amide bonds. The lowest BCUT2D eigenvalue weighted by Crippen LogP contribution is -2.46. The van der Waals surface area contributed by atoms with Gasteiger partial charge in [0.1, 0.15) is 34.2 Å². The maximum absolute atomic E-state index is 13.2. The maximum Gasteiger partial charge on any atom is 0.356 e. The Bertz CT molecular complexity index is 3770. The number of rotatable bonds is 19. The molecular weight excluding hydrogens is 1170 g/mol. The van der Waals surface area contributed by atoms with Crippen LogP contribution in [0.5, 0.6) is 5.75 Å². The summed E-state index contributed by atoms with van der Waals surface area (Å²) in [4.78, 5) is 79.7. The lowest BCUT2D eigenvalue weighted by atomic mass is 10.0. The van der Waals surface area contributed by atoms with E-state index in [1.54, 1.807) is 60.1 Å². The Kier molecular flexibility index (Phi) is 16.6. The van der Waals surface area contributed by atoms with Crippen molar-refractivity contribution < 1.29 is 63.9 Å². The molecule has 6 fully saturated rings. The number of hydrogen-bond donors (Lipinski definition) is 1.